The van der Waals surface area contributed by atoms with E-state index in [-0.39, 0.29) is 0 Å². The maximum absolute atomic E-state index is 5.95. The molecule has 0 aliphatic carbocycles. The minimum Gasteiger partial charge on any atom is -0.397 e. The molecule has 0 bridgehead atoms. The quantitative estimate of drug-likeness (QED) is 0.489. The Morgan fingerprint density at radius 2 is 1.00 bits per heavy atom. The highest BCUT2D eigenvalue weighted by molar-refractivity contribution is 6.42. The first-order valence-electron chi connectivity index (χ1n) is 5.16. The zero-order valence-corrected chi connectivity index (χ0v) is 10.6. The van der Waals surface area contributed by atoms with E-state index in [9.17, 15) is 0 Å². The summed E-state index contributed by atoms with van der Waals surface area (Å²) in [5, 5.41) is 0.891. The summed E-state index contributed by atoms with van der Waals surface area (Å²) >= 11 is 11.9. The van der Waals surface area contributed by atoms with Crippen molar-refractivity contribution in [3.05, 3.63) is 34.3 Å². The number of nitrogens with zero attached hydrogens (tertiary/aromatic N) is 2. The van der Waals surface area contributed by atoms with E-state index < -0.39 is 0 Å². The second kappa shape index (κ2) is 3.86. The first-order valence-corrected chi connectivity index (χ1v) is 5.92. The van der Waals surface area contributed by atoms with Crippen LogP contribution >= 0.6 is 23.2 Å². The molecule has 0 fully saturated rings. The van der Waals surface area contributed by atoms with Crippen LogP contribution in [-0.2, 0) is 0 Å². The van der Waals surface area contributed by atoms with Crippen LogP contribution in [0.4, 0.5) is 11.4 Å². The van der Waals surface area contributed by atoms with Crippen LogP contribution in [0.2, 0.25) is 10.0 Å². The number of halogens is 2. The predicted molar refractivity (Wildman–Crippen MR) is 75.9 cm³/mol. The Morgan fingerprint density at radius 3 is 1.39 bits per heavy atom. The highest BCUT2D eigenvalue weighted by atomic mass is 35.5. The summed E-state index contributed by atoms with van der Waals surface area (Å²) in [5.41, 5.74) is 15.1. The smallest absolute Gasteiger partial charge is 0.0916 e. The Hall–Kier alpha value is -1.78. The third-order valence-corrected chi connectivity index (χ3v) is 3.40. The molecule has 3 aromatic rings. The Morgan fingerprint density at radius 1 is 0.667 bits per heavy atom. The fraction of sp³-hybridized carbons (Fsp3) is 0. The van der Waals surface area contributed by atoms with Gasteiger partial charge in [0, 0.05) is 0 Å². The van der Waals surface area contributed by atoms with Crippen molar-refractivity contribution in [1.82, 2.24) is 9.97 Å². The van der Waals surface area contributed by atoms with Crippen molar-refractivity contribution in [3.63, 3.8) is 0 Å². The SMILES string of the molecule is Nc1cc2nc3cc(Cl)c(Cl)cc3nc2cc1N. The summed E-state index contributed by atoms with van der Waals surface area (Å²) in [5.74, 6) is 0. The normalized spacial score (nSPS) is 11.2. The molecule has 0 unspecified atom stereocenters. The number of nitrogens with two attached hydrogens (primary N) is 2. The van der Waals surface area contributed by atoms with E-state index in [2.05, 4.69) is 9.97 Å². The van der Waals surface area contributed by atoms with Crippen molar-refractivity contribution in [3.8, 4) is 0 Å². The average Bonchev–Trinajstić information content (AvgIpc) is 2.31. The van der Waals surface area contributed by atoms with Gasteiger partial charge in [-0.1, -0.05) is 23.2 Å². The van der Waals surface area contributed by atoms with Crippen LogP contribution in [0.25, 0.3) is 22.1 Å². The molecule has 1 aromatic heterocycles. The molecule has 6 heteroatoms. The molecule has 3 rings (SSSR count). The standard InChI is InChI=1S/C12H8Cl2N4/c13-5-1-9-10(2-6(5)14)18-12-4-8(16)7(15)3-11(12)17-9/h1-4H,15-16H2. The van der Waals surface area contributed by atoms with Crippen molar-refractivity contribution in [2.24, 2.45) is 0 Å². The summed E-state index contributed by atoms with van der Waals surface area (Å²) in [4.78, 5) is 8.88. The number of fused-ring (bicyclic) bond motifs is 2. The number of aromatic nitrogens is 2. The molecule has 90 valence electrons. The van der Waals surface area contributed by atoms with Crippen LogP contribution in [0.15, 0.2) is 24.3 Å². The highest BCUT2D eigenvalue weighted by Gasteiger charge is 2.07. The Labute approximate surface area is 113 Å². The topological polar surface area (TPSA) is 77.8 Å². The zero-order chi connectivity index (χ0) is 12.9. The van der Waals surface area contributed by atoms with Gasteiger partial charge in [-0.15, -0.1) is 0 Å². The van der Waals surface area contributed by atoms with E-state index in [0.717, 1.165) is 0 Å². The molecule has 0 saturated carbocycles. The molecule has 4 N–H and O–H groups in total. The molecule has 2 aromatic carbocycles. The van der Waals surface area contributed by atoms with E-state index in [4.69, 9.17) is 34.7 Å². The van der Waals surface area contributed by atoms with Gasteiger partial charge in [0.05, 0.1) is 43.5 Å². The molecule has 0 amide bonds. The Bertz CT molecular complexity index is 657. The van der Waals surface area contributed by atoms with Gasteiger partial charge in [-0.3, -0.25) is 0 Å². The second-order valence-electron chi connectivity index (χ2n) is 3.95. The van der Waals surface area contributed by atoms with Gasteiger partial charge in [-0.2, -0.15) is 0 Å². The number of rotatable bonds is 0. The number of hydrogen-bond donors (Lipinski definition) is 2. The predicted octanol–water partition coefficient (Wildman–Crippen LogP) is 3.25. The van der Waals surface area contributed by atoms with Gasteiger partial charge < -0.3 is 11.5 Å². The van der Waals surface area contributed by atoms with Gasteiger partial charge >= 0.3 is 0 Å². The van der Waals surface area contributed by atoms with Crippen molar-refractivity contribution in [1.29, 1.82) is 0 Å². The summed E-state index contributed by atoms with van der Waals surface area (Å²) in [6.07, 6.45) is 0. The monoisotopic (exact) mass is 278 g/mol. The second-order valence-corrected chi connectivity index (χ2v) is 4.76. The van der Waals surface area contributed by atoms with Crippen LogP contribution in [0, 0.1) is 0 Å². The molecule has 0 spiro atoms. The first kappa shape index (κ1) is 11.3. The Balaban J connectivity index is 2.43. The molecule has 0 radical (unpaired) electrons. The molecule has 1 heterocycles. The number of benzene rings is 2. The number of anilines is 2. The number of nitrogen functional groups attached to an aromatic ring is 2. The molecular formula is C12H8Cl2N4. The third kappa shape index (κ3) is 1.70. The zero-order valence-electron chi connectivity index (χ0n) is 9.11. The fourth-order valence-electron chi connectivity index (χ4n) is 1.75. The van der Waals surface area contributed by atoms with E-state index in [0.29, 0.717) is 43.5 Å². The lowest BCUT2D eigenvalue weighted by Crippen LogP contribution is -1.96. The molecule has 0 atom stereocenters. The summed E-state index contributed by atoms with van der Waals surface area (Å²) in [6.45, 7) is 0. The van der Waals surface area contributed by atoms with Gasteiger partial charge in [-0.05, 0) is 24.3 Å². The summed E-state index contributed by atoms with van der Waals surface area (Å²) in [7, 11) is 0. The van der Waals surface area contributed by atoms with E-state index >= 15 is 0 Å². The van der Waals surface area contributed by atoms with Gasteiger partial charge in [0.1, 0.15) is 0 Å². The fourth-order valence-corrected chi connectivity index (χ4v) is 2.07. The maximum atomic E-state index is 5.95. The van der Waals surface area contributed by atoms with Crippen molar-refractivity contribution in [2.75, 3.05) is 11.5 Å². The molecular weight excluding hydrogens is 271 g/mol. The molecule has 4 nitrogen and oxygen atoms in total. The van der Waals surface area contributed by atoms with Gasteiger partial charge in [0.15, 0.2) is 0 Å². The van der Waals surface area contributed by atoms with E-state index in [1.165, 1.54) is 0 Å². The molecule has 0 saturated heterocycles. The molecule has 18 heavy (non-hydrogen) atoms. The van der Waals surface area contributed by atoms with Crippen molar-refractivity contribution >= 4 is 56.6 Å². The van der Waals surface area contributed by atoms with Crippen LogP contribution in [0.5, 0.6) is 0 Å². The van der Waals surface area contributed by atoms with Crippen LogP contribution in [0.1, 0.15) is 0 Å². The van der Waals surface area contributed by atoms with Gasteiger partial charge in [0.2, 0.25) is 0 Å². The van der Waals surface area contributed by atoms with Gasteiger partial charge in [-0.25, -0.2) is 9.97 Å². The lowest BCUT2D eigenvalue weighted by atomic mass is 10.2. The molecule has 0 aliphatic rings. The Kier molecular flexibility index (Phi) is 2.43. The minimum absolute atomic E-state index is 0.446. The van der Waals surface area contributed by atoms with Gasteiger partial charge in [0.25, 0.3) is 0 Å². The maximum Gasteiger partial charge on any atom is 0.0916 e. The van der Waals surface area contributed by atoms with E-state index in [1.54, 1.807) is 24.3 Å². The first-order chi connectivity index (χ1) is 8.54. The minimum atomic E-state index is 0.446. The van der Waals surface area contributed by atoms with E-state index in [1.807, 2.05) is 0 Å². The third-order valence-electron chi connectivity index (χ3n) is 2.68. The lowest BCUT2D eigenvalue weighted by molar-refractivity contribution is 1.39. The summed E-state index contributed by atoms with van der Waals surface area (Å²) < 4.78 is 0. The summed E-state index contributed by atoms with van der Waals surface area (Å²) in [6, 6.07) is 6.75. The van der Waals surface area contributed by atoms with Crippen LogP contribution < -0.4 is 11.5 Å². The largest absolute Gasteiger partial charge is 0.397 e. The number of hydrogen-bond acceptors (Lipinski definition) is 4. The van der Waals surface area contributed by atoms with Crippen LogP contribution in [0.3, 0.4) is 0 Å². The van der Waals surface area contributed by atoms with Crippen molar-refractivity contribution < 1.29 is 0 Å². The van der Waals surface area contributed by atoms with Crippen molar-refractivity contribution in [2.45, 2.75) is 0 Å². The highest BCUT2D eigenvalue weighted by Crippen LogP contribution is 2.28. The van der Waals surface area contributed by atoms with Crippen LogP contribution in [-0.4, -0.2) is 9.97 Å². The lowest BCUT2D eigenvalue weighted by Gasteiger charge is -2.05. The average molecular weight is 279 g/mol. The molecule has 0 aliphatic heterocycles.